The highest BCUT2D eigenvalue weighted by Gasteiger charge is 2.02. The third kappa shape index (κ3) is 39.6. The Balaban J connectivity index is 3.09. The van der Waals surface area contributed by atoms with Crippen molar-refractivity contribution >= 4 is 10.4 Å². The van der Waals surface area contributed by atoms with Crippen LogP contribution < -0.4 is 0 Å². The molecule has 0 aliphatic heterocycles. The molecule has 41 heavy (non-hydrogen) atoms. The third-order valence-electron chi connectivity index (χ3n) is 8.39. The summed E-state index contributed by atoms with van der Waals surface area (Å²) in [6, 6.07) is 0. The minimum absolute atomic E-state index is 0.0944. The highest BCUT2D eigenvalue weighted by molar-refractivity contribution is 7.80. The van der Waals surface area contributed by atoms with E-state index in [2.05, 4.69) is 23.3 Å². The average molecular weight is 601 g/mol. The lowest BCUT2D eigenvalue weighted by Gasteiger charge is -2.04. The molecule has 0 aromatic carbocycles. The molecule has 0 unspecified atom stereocenters. The van der Waals surface area contributed by atoms with Gasteiger partial charge in [-0.2, -0.15) is 8.42 Å². The van der Waals surface area contributed by atoms with Gasteiger partial charge in [-0.15, -0.1) is 0 Å². The molecular weight excluding hydrogens is 528 g/mol. The van der Waals surface area contributed by atoms with Crippen LogP contribution in [0.5, 0.6) is 0 Å². The smallest absolute Gasteiger partial charge is 0.264 e. The van der Waals surface area contributed by atoms with Crippen LogP contribution in [-0.4, -0.2) is 19.6 Å². The van der Waals surface area contributed by atoms with Crippen LogP contribution in [0, 0.1) is 0 Å². The van der Waals surface area contributed by atoms with Crippen molar-refractivity contribution in [3.63, 3.8) is 0 Å². The maximum Gasteiger partial charge on any atom is 0.397 e. The molecular formula is C36H72O4S. The van der Waals surface area contributed by atoms with E-state index in [1.807, 2.05) is 0 Å². The predicted octanol–water partition coefficient (Wildman–Crippen LogP) is 12.9. The first-order chi connectivity index (χ1) is 20.1. The Morgan fingerprint density at radius 1 is 0.415 bits per heavy atom. The maximum atomic E-state index is 10.4. The number of unbranched alkanes of at least 4 members (excludes halogenated alkanes) is 30. The lowest BCUT2D eigenvalue weighted by Crippen LogP contribution is -2.04. The molecule has 0 aliphatic carbocycles. The summed E-state index contributed by atoms with van der Waals surface area (Å²) in [5, 5.41) is 0. The number of hydrogen-bond acceptors (Lipinski definition) is 3. The van der Waals surface area contributed by atoms with Gasteiger partial charge in [-0.05, 0) is 32.1 Å². The largest absolute Gasteiger partial charge is 0.397 e. The van der Waals surface area contributed by atoms with Crippen LogP contribution in [-0.2, 0) is 14.6 Å². The molecule has 0 bridgehead atoms. The molecule has 0 aromatic heterocycles. The summed E-state index contributed by atoms with van der Waals surface area (Å²) in [6.45, 7) is 2.38. The number of rotatable bonds is 35. The molecule has 0 radical (unpaired) electrons. The van der Waals surface area contributed by atoms with E-state index in [-0.39, 0.29) is 6.61 Å². The summed E-state index contributed by atoms with van der Waals surface area (Å²) in [7, 11) is -4.26. The Kier molecular flexibility index (Phi) is 33.8. The van der Waals surface area contributed by atoms with Crippen LogP contribution >= 0.6 is 0 Å². The normalized spacial score (nSPS) is 12.1. The van der Waals surface area contributed by atoms with Crippen LogP contribution in [0.4, 0.5) is 0 Å². The lowest BCUT2D eigenvalue weighted by molar-refractivity contribution is 0.261. The fourth-order valence-corrected chi connectivity index (χ4v) is 6.02. The van der Waals surface area contributed by atoms with Crippen molar-refractivity contribution in [3.8, 4) is 0 Å². The first-order valence-corrected chi connectivity index (χ1v) is 19.7. The molecule has 0 rings (SSSR count). The maximum absolute atomic E-state index is 10.4. The van der Waals surface area contributed by atoms with Crippen LogP contribution in [0.1, 0.15) is 212 Å². The van der Waals surface area contributed by atoms with Gasteiger partial charge >= 0.3 is 10.4 Å². The Labute approximate surface area is 258 Å². The van der Waals surface area contributed by atoms with Crippen molar-refractivity contribution in [3.05, 3.63) is 12.2 Å². The quantitative estimate of drug-likeness (QED) is 0.0446. The van der Waals surface area contributed by atoms with Gasteiger partial charge in [0.25, 0.3) is 0 Å². The van der Waals surface area contributed by atoms with E-state index in [0.29, 0.717) is 6.42 Å². The van der Waals surface area contributed by atoms with Crippen LogP contribution in [0.2, 0.25) is 0 Å². The highest BCUT2D eigenvalue weighted by Crippen LogP contribution is 2.16. The van der Waals surface area contributed by atoms with Gasteiger partial charge in [-0.1, -0.05) is 192 Å². The van der Waals surface area contributed by atoms with Gasteiger partial charge in [0.1, 0.15) is 0 Å². The van der Waals surface area contributed by atoms with Crippen LogP contribution in [0.3, 0.4) is 0 Å². The fraction of sp³-hybridized carbons (Fsp3) is 0.944. The fourth-order valence-electron chi connectivity index (χ4n) is 5.70. The van der Waals surface area contributed by atoms with Gasteiger partial charge in [0.05, 0.1) is 6.61 Å². The molecule has 0 fully saturated rings. The first kappa shape index (κ1) is 40.6. The summed E-state index contributed by atoms with van der Waals surface area (Å²) in [6.07, 6.45) is 48.1. The summed E-state index contributed by atoms with van der Waals surface area (Å²) in [5.41, 5.74) is 0. The second kappa shape index (κ2) is 34.1. The molecule has 246 valence electrons. The summed E-state index contributed by atoms with van der Waals surface area (Å²) in [5.74, 6) is 0. The monoisotopic (exact) mass is 601 g/mol. The van der Waals surface area contributed by atoms with E-state index < -0.39 is 10.4 Å². The third-order valence-corrected chi connectivity index (χ3v) is 8.85. The molecule has 0 aromatic rings. The van der Waals surface area contributed by atoms with Crippen molar-refractivity contribution in [1.82, 2.24) is 0 Å². The molecule has 0 aliphatic rings. The highest BCUT2D eigenvalue weighted by atomic mass is 32.3. The molecule has 0 saturated carbocycles. The molecule has 4 nitrogen and oxygen atoms in total. The van der Waals surface area contributed by atoms with E-state index in [0.717, 1.165) is 12.8 Å². The summed E-state index contributed by atoms with van der Waals surface area (Å²) >= 11 is 0. The summed E-state index contributed by atoms with van der Waals surface area (Å²) in [4.78, 5) is 0. The zero-order valence-corrected chi connectivity index (χ0v) is 28.4. The van der Waals surface area contributed by atoms with Gasteiger partial charge in [-0.3, -0.25) is 4.55 Å². The van der Waals surface area contributed by atoms with Crippen molar-refractivity contribution in [2.45, 2.75) is 212 Å². The Morgan fingerprint density at radius 2 is 0.659 bits per heavy atom. The van der Waals surface area contributed by atoms with E-state index in [1.54, 1.807) is 0 Å². The molecule has 5 heteroatoms. The average Bonchev–Trinajstić information content (AvgIpc) is 2.94. The molecule has 0 spiro atoms. The van der Waals surface area contributed by atoms with E-state index in [4.69, 9.17) is 4.55 Å². The second-order valence-electron chi connectivity index (χ2n) is 12.6. The lowest BCUT2D eigenvalue weighted by atomic mass is 10.0. The Hall–Kier alpha value is -0.390. The Bertz CT molecular complexity index is 617. The van der Waals surface area contributed by atoms with Crippen molar-refractivity contribution < 1.29 is 17.2 Å². The molecule has 0 heterocycles. The van der Waals surface area contributed by atoms with Gasteiger partial charge in [0, 0.05) is 0 Å². The number of allylic oxidation sites excluding steroid dienone is 2. The van der Waals surface area contributed by atoms with E-state index in [1.165, 1.54) is 186 Å². The molecule has 0 atom stereocenters. The van der Waals surface area contributed by atoms with Gasteiger partial charge in [0.2, 0.25) is 0 Å². The summed E-state index contributed by atoms with van der Waals surface area (Å²) < 4.78 is 33.7. The minimum atomic E-state index is -4.26. The van der Waals surface area contributed by atoms with E-state index >= 15 is 0 Å². The molecule has 0 saturated heterocycles. The Morgan fingerprint density at radius 3 is 0.927 bits per heavy atom. The second-order valence-corrected chi connectivity index (χ2v) is 13.6. The van der Waals surface area contributed by atoms with Crippen molar-refractivity contribution in [1.29, 1.82) is 0 Å². The van der Waals surface area contributed by atoms with Gasteiger partial charge < -0.3 is 0 Å². The van der Waals surface area contributed by atoms with Crippen LogP contribution in [0.25, 0.3) is 0 Å². The molecule has 0 amide bonds. The topological polar surface area (TPSA) is 63.6 Å². The standard InChI is InChI=1S/C36H72O4S/c1-2-3-4-5-6-7-8-9-10-11-12-13-14-15-16-17-18-19-20-21-22-23-24-25-26-27-28-29-30-31-32-33-34-35-36-40-41(37,38)39/h9-10H,2-8,11-36H2,1H3,(H,37,38,39). The SMILES string of the molecule is CCCCCCCCC=CCCCCCCCCCCCCCCCCCCCCCCCCCCOS(=O)(=O)O. The zero-order chi connectivity index (χ0) is 30.0. The predicted molar refractivity (Wildman–Crippen MR) is 180 cm³/mol. The molecule has 1 N–H and O–H groups in total. The number of hydrogen-bond donors (Lipinski definition) is 1. The van der Waals surface area contributed by atoms with Crippen LogP contribution in [0.15, 0.2) is 12.2 Å². The van der Waals surface area contributed by atoms with Crippen molar-refractivity contribution in [2.24, 2.45) is 0 Å². The van der Waals surface area contributed by atoms with Gasteiger partial charge in [-0.25, -0.2) is 4.18 Å². The minimum Gasteiger partial charge on any atom is -0.264 e. The first-order valence-electron chi connectivity index (χ1n) is 18.3. The zero-order valence-electron chi connectivity index (χ0n) is 27.6. The van der Waals surface area contributed by atoms with Gasteiger partial charge in [0.15, 0.2) is 0 Å². The van der Waals surface area contributed by atoms with E-state index in [9.17, 15) is 8.42 Å². The van der Waals surface area contributed by atoms with Crippen molar-refractivity contribution in [2.75, 3.05) is 6.61 Å².